The molecule has 1 saturated heterocycles. The van der Waals surface area contributed by atoms with Gasteiger partial charge in [0.05, 0.1) is 31.1 Å². The Balaban J connectivity index is 1.34. The van der Waals surface area contributed by atoms with Crippen molar-refractivity contribution >= 4 is 28.7 Å². The molecule has 1 aliphatic rings. The first kappa shape index (κ1) is 31.2. The lowest BCUT2D eigenvalue weighted by Gasteiger charge is -2.27. The molecule has 4 N–H and O–H groups in total. The van der Waals surface area contributed by atoms with Crippen LogP contribution < -0.4 is 25.8 Å². The smallest absolute Gasteiger partial charge is 0.318 e. The molecule has 12 nitrogen and oxygen atoms in total. The lowest BCUT2D eigenvalue weighted by molar-refractivity contribution is -0.121. The van der Waals surface area contributed by atoms with Crippen LogP contribution in [0.5, 0.6) is 11.5 Å². The molecule has 2 unspecified atom stereocenters. The van der Waals surface area contributed by atoms with Crippen LogP contribution in [0.4, 0.5) is 4.79 Å². The van der Waals surface area contributed by atoms with Crippen LogP contribution in [0.1, 0.15) is 37.2 Å². The lowest BCUT2D eigenvalue weighted by atomic mass is 10.0. The number of pyridine rings is 1. The average molecular weight is 612 g/mol. The van der Waals surface area contributed by atoms with E-state index in [2.05, 4.69) is 20.6 Å². The van der Waals surface area contributed by atoms with E-state index in [-0.39, 0.29) is 31.1 Å². The number of carbonyl (C=O) groups excluding carboxylic acids is 3. The molecular weight excluding hydrogens is 574 g/mol. The summed E-state index contributed by atoms with van der Waals surface area (Å²) in [7, 11) is 1.60. The van der Waals surface area contributed by atoms with Gasteiger partial charge in [0.1, 0.15) is 29.3 Å². The van der Waals surface area contributed by atoms with E-state index in [9.17, 15) is 14.4 Å². The standard InChI is InChI=1S/C33H37N7O5/c1-20(2)13-22(17-37-32(42)28-18-35-11-12-36-28)38-33(43)40-19-24(15-29(40)31(34)41)45-30-16-26(21-7-5-4-6-8-21)39-27-14-23(44-3)9-10-25(27)30/h4-12,14,16,18,20,22,24,29H,13,15,17,19H2,1-3H3,(H2,34,41)(H,37,42)(H,38,43)/t22?,24-,29?/m1/s1. The molecule has 4 amide bonds. The molecule has 3 atom stereocenters. The number of amides is 4. The molecule has 5 rings (SSSR count). The Hall–Kier alpha value is -5.26. The molecule has 234 valence electrons. The summed E-state index contributed by atoms with van der Waals surface area (Å²) in [4.78, 5) is 52.8. The summed E-state index contributed by atoms with van der Waals surface area (Å²) in [5, 5.41) is 6.57. The van der Waals surface area contributed by atoms with Gasteiger partial charge in [-0.3, -0.25) is 14.6 Å². The van der Waals surface area contributed by atoms with Crippen molar-refractivity contribution in [1.29, 1.82) is 0 Å². The fourth-order valence-corrected chi connectivity index (χ4v) is 5.46. The monoisotopic (exact) mass is 611 g/mol. The number of fused-ring (bicyclic) bond motifs is 1. The van der Waals surface area contributed by atoms with E-state index in [1.165, 1.54) is 23.5 Å². The number of hydrogen-bond acceptors (Lipinski definition) is 8. The van der Waals surface area contributed by atoms with E-state index in [0.717, 1.165) is 10.9 Å². The third-order valence-electron chi connectivity index (χ3n) is 7.58. The van der Waals surface area contributed by atoms with E-state index in [1.807, 2.05) is 68.4 Å². The molecule has 1 fully saturated rings. The highest BCUT2D eigenvalue weighted by Gasteiger charge is 2.40. The van der Waals surface area contributed by atoms with Crippen molar-refractivity contribution in [2.24, 2.45) is 11.7 Å². The van der Waals surface area contributed by atoms with Gasteiger partial charge in [0, 0.05) is 54.5 Å². The molecule has 0 radical (unpaired) electrons. The zero-order chi connectivity index (χ0) is 31.9. The maximum Gasteiger partial charge on any atom is 0.318 e. The first-order chi connectivity index (χ1) is 21.7. The SMILES string of the molecule is COc1ccc2c(O[C@@H]3CC(C(N)=O)N(C(=O)NC(CNC(=O)c4cnccn4)CC(C)C)C3)cc(-c3ccccc3)nc2c1. The number of primary amides is 1. The second-order valence-electron chi connectivity index (χ2n) is 11.4. The lowest BCUT2D eigenvalue weighted by Crippen LogP contribution is -2.53. The minimum absolute atomic E-state index is 0.139. The van der Waals surface area contributed by atoms with E-state index < -0.39 is 36.0 Å². The third-order valence-corrected chi connectivity index (χ3v) is 7.58. The third kappa shape index (κ3) is 7.64. The van der Waals surface area contributed by atoms with Crippen molar-refractivity contribution in [3.8, 4) is 22.8 Å². The van der Waals surface area contributed by atoms with Crippen LogP contribution in [0, 0.1) is 5.92 Å². The van der Waals surface area contributed by atoms with Crippen LogP contribution in [-0.4, -0.2) is 76.1 Å². The molecule has 4 aromatic rings. The van der Waals surface area contributed by atoms with Gasteiger partial charge in [-0.15, -0.1) is 0 Å². The zero-order valence-corrected chi connectivity index (χ0v) is 25.5. The number of nitrogens with one attached hydrogen (secondary N) is 2. The van der Waals surface area contributed by atoms with Gasteiger partial charge in [0.2, 0.25) is 5.91 Å². The molecule has 1 aliphatic heterocycles. The Kier molecular flexibility index (Phi) is 9.71. The summed E-state index contributed by atoms with van der Waals surface area (Å²) in [6, 6.07) is 15.4. The molecule has 12 heteroatoms. The van der Waals surface area contributed by atoms with Gasteiger partial charge in [-0.05, 0) is 24.5 Å². The van der Waals surface area contributed by atoms with Crippen molar-refractivity contribution in [1.82, 2.24) is 30.5 Å². The van der Waals surface area contributed by atoms with Gasteiger partial charge in [0.15, 0.2) is 0 Å². The fourth-order valence-electron chi connectivity index (χ4n) is 5.46. The number of benzene rings is 2. The number of nitrogens with zero attached hydrogens (tertiary/aromatic N) is 4. The van der Waals surface area contributed by atoms with Gasteiger partial charge in [-0.1, -0.05) is 44.2 Å². The summed E-state index contributed by atoms with van der Waals surface area (Å²) < 4.78 is 11.9. The highest BCUT2D eigenvalue weighted by atomic mass is 16.5. The summed E-state index contributed by atoms with van der Waals surface area (Å²) in [5.74, 6) is 0.436. The van der Waals surface area contributed by atoms with Crippen molar-refractivity contribution in [2.45, 2.75) is 44.9 Å². The second kappa shape index (κ2) is 14.0. The summed E-state index contributed by atoms with van der Waals surface area (Å²) in [6.07, 6.45) is 4.60. The number of ether oxygens (including phenoxy) is 2. The number of urea groups is 1. The Bertz CT molecular complexity index is 1650. The van der Waals surface area contributed by atoms with Crippen LogP contribution in [0.15, 0.2) is 73.2 Å². The number of aromatic nitrogens is 3. The number of nitrogens with two attached hydrogens (primary N) is 1. The molecule has 0 bridgehead atoms. The Morgan fingerprint density at radius 1 is 1.09 bits per heavy atom. The van der Waals surface area contributed by atoms with Gasteiger partial charge in [-0.25, -0.2) is 14.8 Å². The molecule has 45 heavy (non-hydrogen) atoms. The van der Waals surface area contributed by atoms with Crippen LogP contribution in [0.2, 0.25) is 0 Å². The maximum atomic E-state index is 13.6. The number of carbonyl (C=O) groups is 3. The van der Waals surface area contributed by atoms with Crippen LogP contribution in [0.3, 0.4) is 0 Å². The first-order valence-electron chi connectivity index (χ1n) is 14.8. The number of hydrogen-bond donors (Lipinski definition) is 3. The van der Waals surface area contributed by atoms with Crippen molar-refractivity contribution in [3.05, 3.63) is 78.9 Å². The maximum absolute atomic E-state index is 13.6. The fraction of sp³-hybridized carbons (Fsp3) is 0.333. The predicted molar refractivity (Wildman–Crippen MR) is 169 cm³/mol. The molecule has 0 saturated carbocycles. The van der Waals surface area contributed by atoms with Crippen molar-refractivity contribution < 1.29 is 23.9 Å². The van der Waals surface area contributed by atoms with Crippen LogP contribution in [-0.2, 0) is 4.79 Å². The topological polar surface area (TPSA) is 162 Å². The largest absolute Gasteiger partial charge is 0.497 e. The van der Waals surface area contributed by atoms with E-state index >= 15 is 0 Å². The van der Waals surface area contributed by atoms with Crippen molar-refractivity contribution in [3.63, 3.8) is 0 Å². The minimum atomic E-state index is -0.870. The van der Waals surface area contributed by atoms with E-state index in [1.54, 1.807) is 7.11 Å². The zero-order valence-electron chi connectivity index (χ0n) is 25.5. The molecular formula is C33H37N7O5. The van der Waals surface area contributed by atoms with E-state index in [4.69, 9.17) is 20.2 Å². The normalized spacial score (nSPS) is 16.8. The molecule has 3 heterocycles. The quantitative estimate of drug-likeness (QED) is 0.232. The van der Waals surface area contributed by atoms with Gasteiger partial charge >= 0.3 is 6.03 Å². The number of likely N-dealkylation sites (tertiary alicyclic amines) is 1. The second-order valence-corrected chi connectivity index (χ2v) is 11.4. The van der Waals surface area contributed by atoms with Gasteiger partial charge < -0.3 is 30.7 Å². The molecule has 0 spiro atoms. The minimum Gasteiger partial charge on any atom is -0.497 e. The predicted octanol–water partition coefficient (Wildman–Crippen LogP) is 3.56. The molecule has 2 aromatic carbocycles. The van der Waals surface area contributed by atoms with Gasteiger partial charge in [-0.2, -0.15) is 0 Å². The highest BCUT2D eigenvalue weighted by molar-refractivity contribution is 5.92. The van der Waals surface area contributed by atoms with E-state index in [0.29, 0.717) is 29.1 Å². The average Bonchev–Trinajstić information content (AvgIpc) is 3.48. The summed E-state index contributed by atoms with van der Waals surface area (Å²) in [6.45, 7) is 4.35. The Morgan fingerprint density at radius 3 is 2.58 bits per heavy atom. The Labute approximate surface area is 261 Å². The first-order valence-corrected chi connectivity index (χ1v) is 14.8. The number of rotatable bonds is 11. The summed E-state index contributed by atoms with van der Waals surface area (Å²) in [5.41, 5.74) is 8.26. The number of methoxy groups -OCH3 is 1. The van der Waals surface area contributed by atoms with Crippen LogP contribution in [0.25, 0.3) is 22.2 Å². The summed E-state index contributed by atoms with van der Waals surface area (Å²) >= 11 is 0. The highest BCUT2D eigenvalue weighted by Crippen LogP contribution is 2.34. The molecule has 2 aromatic heterocycles. The van der Waals surface area contributed by atoms with Crippen molar-refractivity contribution in [2.75, 3.05) is 20.2 Å². The molecule has 0 aliphatic carbocycles. The van der Waals surface area contributed by atoms with Gasteiger partial charge in [0.25, 0.3) is 5.91 Å². The van der Waals surface area contributed by atoms with Crippen LogP contribution >= 0.6 is 0 Å². The Morgan fingerprint density at radius 2 is 1.89 bits per heavy atom.